The highest BCUT2D eigenvalue weighted by Crippen LogP contribution is 2.32. The van der Waals surface area contributed by atoms with E-state index in [9.17, 15) is 0 Å². The number of nitrogens with zero attached hydrogens (tertiary/aromatic N) is 2. The second-order valence-corrected chi connectivity index (χ2v) is 7.58. The average Bonchev–Trinajstić information content (AvgIpc) is 2.48. The normalized spacial score (nSPS) is 23.8. The van der Waals surface area contributed by atoms with Gasteiger partial charge in [-0.25, -0.2) is 0 Å². The van der Waals surface area contributed by atoms with Gasteiger partial charge in [0, 0.05) is 11.8 Å². The van der Waals surface area contributed by atoms with Gasteiger partial charge in [-0.2, -0.15) is 0 Å². The number of likely N-dealkylation sites (tertiary alicyclic amines) is 1. The first-order valence-corrected chi connectivity index (χ1v) is 9.18. The topological polar surface area (TPSA) is 15.6 Å². The molecule has 3 aliphatic rings. The lowest BCUT2D eigenvalue weighted by Crippen LogP contribution is -2.45. The van der Waals surface area contributed by atoms with Crippen LogP contribution in [-0.4, -0.2) is 29.7 Å². The highest BCUT2D eigenvalue weighted by Gasteiger charge is 2.28. The van der Waals surface area contributed by atoms with Crippen LogP contribution >= 0.6 is 0 Å². The fourth-order valence-electron chi connectivity index (χ4n) is 4.26. The quantitative estimate of drug-likeness (QED) is 0.800. The van der Waals surface area contributed by atoms with E-state index < -0.39 is 0 Å². The molecule has 2 fully saturated rings. The molecule has 0 bridgehead atoms. The zero-order chi connectivity index (χ0) is 14.9. The zero-order valence-electron chi connectivity index (χ0n) is 13.9. The third kappa shape index (κ3) is 2.99. The lowest BCUT2D eigenvalue weighted by molar-refractivity contribution is 0.0846. The predicted octanol–water partition coefficient (Wildman–Crippen LogP) is 4.53. The Morgan fingerprint density at radius 2 is 1.91 bits per heavy atom. The van der Waals surface area contributed by atoms with Gasteiger partial charge in [0.15, 0.2) is 0 Å². The van der Waals surface area contributed by atoms with E-state index >= 15 is 0 Å². The molecule has 118 valence electrons. The van der Waals surface area contributed by atoms with E-state index in [4.69, 9.17) is 0 Å². The molecular formula is C20H28N2. The Bertz CT molecular complexity index is 563. The van der Waals surface area contributed by atoms with Crippen molar-refractivity contribution in [1.29, 1.82) is 0 Å². The molecule has 1 saturated carbocycles. The summed E-state index contributed by atoms with van der Waals surface area (Å²) >= 11 is 0. The third-order valence-corrected chi connectivity index (χ3v) is 5.98. The predicted molar refractivity (Wildman–Crippen MR) is 93.2 cm³/mol. The average molecular weight is 296 g/mol. The lowest BCUT2D eigenvalue weighted by Gasteiger charge is -2.41. The van der Waals surface area contributed by atoms with Crippen molar-refractivity contribution in [2.45, 2.75) is 64.3 Å². The van der Waals surface area contributed by atoms with Crippen molar-refractivity contribution in [3.8, 4) is 0 Å². The largest absolute Gasteiger partial charge is 0.300 e. The first kappa shape index (κ1) is 14.4. The third-order valence-electron chi connectivity index (χ3n) is 5.98. The summed E-state index contributed by atoms with van der Waals surface area (Å²) < 4.78 is 0. The lowest BCUT2D eigenvalue weighted by atomic mass is 9.85. The Balaban J connectivity index is 1.36. The van der Waals surface area contributed by atoms with E-state index in [1.807, 2.05) is 0 Å². The van der Waals surface area contributed by atoms with Gasteiger partial charge in [0.1, 0.15) is 0 Å². The van der Waals surface area contributed by atoms with Crippen LogP contribution in [0.15, 0.2) is 23.2 Å². The smallest absolute Gasteiger partial charge is 0.0661 e. The number of fused-ring (bicyclic) bond motifs is 1. The monoisotopic (exact) mass is 296 g/mol. The molecule has 2 heterocycles. The molecule has 0 unspecified atom stereocenters. The summed E-state index contributed by atoms with van der Waals surface area (Å²) in [6.07, 6.45) is 10.7. The van der Waals surface area contributed by atoms with E-state index in [0.29, 0.717) is 0 Å². The summed E-state index contributed by atoms with van der Waals surface area (Å²) in [5.74, 6) is 0.892. The molecule has 1 saturated heterocycles. The van der Waals surface area contributed by atoms with E-state index in [1.165, 1.54) is 80.6 Å². The van der Waals surface area contributed by atoms with Crippen molar-refractivity contribution in [2.75, 3.05) is 13.1 Å². The van der Waals surface area contributed by atoms with Crippen molar-refractivity contribution in [3.63, 3.8) is 0 Å². The molecule has 0 atom stereocenters. The molecule has 2 heteroatoms. The second-order valence-electron chi connectivity index (χ2n) is 7.58. The minimum atomic E-state index is 0.892. The number of benzene rings is 1. The SMILES string of the molecule is CC1=Nc2ccc(CC3CCN(C4CCC4)CC3)cc2CC1. The number of rotatable bonds is 3. The molecule has 0 amide bonds. The van der Waals surface area contributed by atoms with Crippen LogP contribution in [0.4, 0.5) is 5.69 Å². The summed E-state index contributed by atoms with van der Waals surface area (Å²) in [6, 6.07) is 7.94. The van der Waals surface area contributed by atoms with E-state index in [2.05, 4.69) is 35.0 Å². The molecule has 0 radical (unpaired) electrons. The van der Waals surface area contributed by atoms with Gasteiger partial charge in [0.05, 0.1) is 5.69 Å². The molecule has 22 heavy (non-hydrogen) atoms. The molecule has 1 aliphatic carbocycles. The first-order valence-electron chi connectivity index (χ1n) is 9.18. The van der Waals surface area contributed by atoms with Crippen molar-refractivity contribution < 1.29 is 0 Å². The fourth-order valence-corrected chi connectivity index (χ4v) is 4.26. The number of aliphatic imine (C=N–C) groups is 1. The van der Waals surface area contributed by atoms with Gasteiger partial charge in [0.2, 0.25) is 0 Å². The highest BCUT2D eigenvalue weighted by atomic mass is 15.2. The Labute approximate surface area is 134 Å². The van der Waals surface area contributed by atoms with Crippen molar-refractivity contribution >= 4 is 11.4 Å². The van der Waals surface area contributed by atoms with Crippen molar-refractivity contribution in [1.82, 2.24) is 4.90 Å². The van der Waals surface area contributed by atoms with Crippen LogP contribution in [0.5, 0.6) is 0 Å². The van der Waals surface area contributed by atoms with Crippen LogP contribution in [0.2, 0.25) is 0 Å². The van der Waals surface area contributed by atoms with Crippen molar-refractivity contribution in [2.24, 2.45) is 10.9 Å². The van der Waals surface area contributed by atoms with Crippen LogP contribution < -0.4 is 0 Å². The fraction of sp³-hybridized carbons (Fsp3) is 0.650. The molecule has 0 N–H and O–H groups in total. The number of aryl methyl sites for hydroxylation is 1. The molecule has 2 aliphatic heterocycles. The summed E-state index contributed by atoms with van der Waals surface area (Å²) in [4.78, 5) is 7.44. The van der Waals surface area contributed by atoms with E-state index in [1.54, 1.807) is 0 Å². The Morgan fingerprint density at radius 3 is 2.64 bits per heavy atom. The Kier molecular flexibility index (Phi) is 4.04. The Hall–Kier alpha value is -1.15. The van der Waals surface area contributed by atoms with E-state index in [0.717, 1.165) is 18.4 Å². The molecule has 1 aromatic carbocycles. The van der Waals surface area contributed by atoms with Crippen LogP contribution in [0.25, 0.3) is 0 Å². The minimum Gasteiger partial charge on any atom is -0.300 e. The summed E-state index contributed by atoms with van der Waals surface area (Å²) in [6.45, 7) is 4.82. The highest BCUT2D eigenvalue weighted by molar-refractivity contribution is 5.87. The van der Waals surface area contributed by atoms with Gasteiger partial charge in [-0.3, -0.25) is 4.99 Å². The van der Waals surface area contributed by atoms with E-state index in [-0.39, 0.29) is 0 Å². The maximum Gasteiger partial charge on any atom is 0.0661 e. The van der Waals surface area contributed by atoms with Gasteiger partial charge < -0.3 is 4.90 Å². The van der Waals surface area contributed by atoms with Crippen molar-refractivity contribution in [3.05, 3.63) is 29.3 Å². The van der Waals surface area contributed by atoms with Gasteiger partial charge in [0.25, 0.3) is 0 Å². The van der Waals surface area contributed by atoms with Gasteiger partial charge in [-0.05, 0) is 88.1 Å². The second kappa shape index (κ2) is 6.16. The van der Waals surface area contributed by atoms with Gasteiger partial charge in [-0.1, -0.05) is 18.6 Å². The molecule has 2 nitrogen and oxygen atoms in total. The minimum absolute atomic E-state index is 0.892. The van der Waals surface area contributed by atoms with Crippen LogP contribution in [0.1, 0.15) is 56.6 Å². The molecular weight excluding hydrogens is 268 g/mol. The number of piperidine rings is 1. The zero-order valence-corrected chi connectivity index (χ0v) is 13.9. The molecule has 4 rings (SSSR count). The maximum absolute atomic E-state index is 4.69. The van der Waals surface area contributed by atoms with Crippen LogP contribution in [-0.2, 0) is 12.8 Å². The van der Waals surface area contributed by atoms with Crippen LogP contribution in [0.3, 0.4) is 0 Å². The van der Waals surface area contributed by atoms with Gasteiger partial charge >= 0.3 is 0 Å². The number of hydrogen-bond donors (Lipinski definition) is 0. The molecule has 0 spiro atoms. The molecule has 0 aromatic heterocycles. The summed E-state index contributed by atoms with van der Waals surface area (Å²) in [5.41, 5.74) is 5.50. The number of hydrogen-bond acceptors (Lipinski definition) is 2. The van der Waals surface area contributed by atoms with Gasteiger partial charge in [-0.15, -0.1) is 0 Å². The molecule has 1 aromatic rings. The standard InChI is InChI=1S/C20H28N2/c1-15-5-7-18-14-17(6-8-20(18)21-15)13-16-9-11-22(12-10-16)19-3-2-4-19/h6,8,14,16,19H,2-5,7,9-13H2,1H3. The van der Waals surface area contributed by atoms with Crippen LogP contribution in [0, 0.1) is 5.92 Å². The Morgan fingerprint density at radius 1 is 1.09 bits per heavy atom. The first-order chi connectivity index (χ1) is 10.8. The maximum atomic E-state index is 4.69. The summed E-state index contributed by atoms with van der Waals surface area (Å²) in [5, 5.41) is 0. The summed E-state index contributed by atoms with van der Waals surface area (Å²) in [7, 11) is 0.